The molecule has 0 aliphatic heterocycles. The molecule has 1 aromatic heterocycles. The first-order valence-corrected chi connectivity index (χ1v) is 15.3. The Balaban J connectivity index is 1.53. The maximum atomic E-state index is 14.6. The van der Waals surface area contributed by atoms with E-state index in [-0.39, 0.29) is 56.7 Å². The minimum absolute atomic E-state index is 0.0571. The lowest BCUT2D eigenvalue weighted by molar-refractivity contribution is -0.161. The first-order valence-electron chi connectivity index (χ1n) is 15.3. The van der Waals surface area contributed by atoms with Crippen molar-refractivity contribution in [1.29, 1.82) is 0 Å². The molecule has 1 heterocycles. The van der Waals surface area contributed by atoms with Crippen molar-refractivity contribution < 1.29 is 14.1 Å². The molecule has 6 rings (SSSR count). The lowest BCUT2D eigenvalue weighted by Crippen LogP contribution is -2.65. The van der Waals surface area contributed by atoms with E-state index in [1.165, 1.54) is 0 Å². The Morgan fingerprint density at radius 3 is 2.38 bits per heavy atom. The fourth-order valence-electron chi connectivity index (χ4n) is 10.6. The molecule has 6 nitrogen and oxygen atoms in total. The van der Waals surface area contributed by atoms with Gasteiger partial charge in [0.1, 0.15) is 0 Å². The second kappa shape index (κ2) is 8.26. The van der Waals surface area contributed by atoms with E-state index in [9.17, 15) is 9.59 Å². The Labute approximate surface area is 239 Å². The number of nitrogens with zero attached hydrogens (tertiary/aromatic N) is 3. The van der Waals surface area contributed by atoms with E-state index in [1.807, 2.05) is 26.0 Å². The van der Waals surface area contributed by atoms with Gasteiger partial charge in [-0.15, -0.1) is 0 Å². The molecule has 1 aromatic rings. The van der Waals surface area contributed by atoms with E-state index in [1.54, 1.807) is 0 Å². The molecule has 5 aliphatic rings. The Bertz CT molecular complexity index is 1410. The third-order valence-electron chi connectivity index (χ3n) is 13.1. The molecule has 3 saturated carbocycles. The van der Waals surface area contributed by atoms with Crippen LogP contribution in [0.15, 0.2) is 27.9 Å². The molecule has 3 fully saturated rings. The summed E-state index contributed by atoms with van der Waals surface area (Å²) in [5.41, 5.74) is -0.356. The summed E-state index contributed by atoms with van der Waals surface area (Å²) >= 11 is 0. The molecule has 0 N–H and O–H groups in total. The van der Waals surface area contributed by atoms with Crippen molar-refractivity contribution in [2.45, 2.75) is 112 Å². The number of carbonyl (C=O) groups excluding carboxylic acids is 2. The van der Waals surface area contributed by atoms with Crippen LogP contribution in [0, 0.1) is 51.4 Å². The number of aromatic nitrogens is 2. The molecule has 0 saturated heterocycles. The highest BCUT2D eigenvalue weighted by Gasteiger charge is 2.70. The molecule has 0 spiro atoms. The summed E-state index contributed by atoms with van der Waals surface area (Å²) in [6, 6.07) is 0. The van der Waals surface area contributed by atoms with Crippen molar-refractivity contribution >= 4 is 11.6 Å². The van der Waals surface area contributed by atoms with Crippen molar-refractivity contribution in [2.75, 3.05) is 0 Å². The molecule has 40 heavy (non-hydrogen) atoms. The third-order valence-corrected chi connectivity index (χ3v) is 13.1. The zero-order valence-corrected chi connectivity index (χ0v) is 25.6. The summed E-state index contributed by atoms with van der Waals surface area (Å²) in [4.78, 5) is 36.5. The molecule has 0 aromatic carbocycles. The van der Waals surface area contributed by atoms with Gasteiger partial charge in [-0.25, -0.2) is 4.85 Å². The molecular weight excluding hydrogens is 498 g/mol. The van der Waals surface area contributed by atoms with Crippen molar-refractivity contribution in [3.63, 3.8) is 0 Å². The summed E-state index contributed by atoms with van der Waals surface area (Å²) in [7, 11) is 0. The second-order valence-corrected chi connectivity index (χ2v) is 15.8. The molecule has 7 atom stereocenters. The number of Topliss-reactive ketones (excluding diaryl/α,β-unsaturated/α-hetero) is 1. The van der Waals surface area contributed by atoms with Crippen LogP contribution in [0.2, 0.25) is 0 Å². The van der Waals surface area contributed by atoms with Gasteiger partial charge in [0.2, 0.25) is 11.6 Å². The van der Waals surface area contributed by atoms with E-state index >= 15 is 0 Å². The molecule has 0 unspecified atom stereocenters. The van der Waals surface area contributed by atoms with Crippen LogP contribution in [0.3, 0.4) is 0 Å². The van der Waals surface area contributed by atoms with E-state index < -0.39 is 10.8 Å². The van der Waals surface area contributed by atoms with Crippen LogP contribution in [0.4, 0.5) is 0 Å². The molecule has 5 aliphatic carbocycles. The Morgan fingerprint density at radius 2 is 1.73 bits per heavy atom. The van der Waals surface area contributed by atoms with Crippen molar-refractivity contribution in [3.05, 3.63) is 46.6 Å². The van der Waals surface area contributed by atoms with Crippen LogP contribution in [0.5, 0.6) is 0 Å². The van der Waals surface area contributed by atoms with Gasteiger partial charge in [0, 0.05) is 23.2 Å². The number of hydrogen-bond acceptors (Lipinski definition) is 5. The van der Waals surface area contributed by atoms with E-state index in [4.69, 9.17) is 16.1 Å². The van der Waals surface area contributed by atoms with Crippen LogP contribution in [0.1, 0.15) is 112 Å². The average molecular weight is 544 g/mol. The predicted molar refractivity (Wildman–Crippen MR) is 153 cm³/mol. The van der Waals surface area contributed by atoms with E-state index in [2.05, 4.69) is 51.5 Å². The normalized spacial score (nSPS) is 43.3. The maximum absolute atomic E-state index is 14.6. The molecule has 0 bridgehead atoms. The largest absolute Gasteiger partial charge is 0.339 e. The minimum atomic E-state index is -0.642. The molecular formula is C34H45N3O3. The zero-order chi connectivity index (χ0) is 29.1. The number of ketones is 2. The maximum Gasteiger partial charge on any atom is 0.233 e. The molecule has 214 valence electrons. The number of allylic oxidation sites excluding steroid dienone is 4. The van der Waals surface area contributed by atoms with Gasteiger partial charge < -0.3 is 9.32 Å². The van der Waals surface area contributed by atoms with Crippen LogP contribution in [0.25, 0.3) is 4.85 Å². The summed E-state index contributed by atoms with van der Waals surface area (Å²) in [6.07, 6.45) is 11.4. The molecule has 6 heteroatoms. The smallest absolute Gasteiger partial charge is 0.233 e. The number of carbonyl (C=O) groups is 2. The Hall–Kier alpha value is -2.55. The summed E-state index contributed by atoms with van der Waals surface area (Å²) < 4.78 is 5.99. The van der Waals surface area contributed by atoms with E-state index in [0.29, 0.717) is 0 Å². The zero-order valence-electron chi connectivity index (χ0n) is 25.6. The topological polar surface area (TPSA) is 77.4 Å². The van der Waals surface area contributed by atoms with Crippen LogP contribution < -0.4 is 0 Å². The number of rotatable bonds is 2. The SMILES string of the molecule is [C-]#[N+]C1=C[C@]2(C)C3=CC(=O)[C@@H]4[C@@H]5CC(C)(C)CC[C@]5(c5nc(CC)no5)CC[C@@]4(C)[C@]3(C)CC[C@H]2C(C)(C)C1=O. The second-order valence-electron chi connectivity index (χ2n) is 15.8. The number of aryl methyl sites for hydroxylation is 1. The highest BCUT2D eigenvalue weighted by molar-refractivity contribution is 6.03. The summed E-state index contributed by atoms with van der Waals surface area (Å²) in [6.45, 7) is 25.5. The van der Waals surface area contributed by atoms with Crippen molar-refractivity contribution in [3.8, 4) is 0 Å². The van der Waals surface area contributed by atoms with Gasteiger partial charge in [-0.1, -0.05) is 72.2 Å². The highest BCUT2D eigenvalue weighted by Crippen LogP contribution is 2.74. The van der Waals surface area contributed by atoms with Gasteiger partial charge in [0.15, 0.2) is 17.4 Å². The monoisotopic (exact) mass is 543 g/mol. The van der Waals surface area contributed by atoms with Crippen LogP contribution in [-0.2, 0) is 21.4 Å². The van der Waals surface area contributed by atoms with Gasteiger partial charge in [0.25, 0.3) is 0 Å². The van der Waals surface area contributed by atoms with Crippen molar-refractivity contribution in [2.24, 2.45) is 44.8 Å². The minimum Gasteiger partial charge on any atom is -0.339 e. The van der Waals surface area contributed by atoms with Crippen molar-refractivity contribution in [1.82, 2.24) is 10.1 Å². The summed E-state index contributed by atoms with van der Waals surface area (Å²) in [5, 5.41) is 4.30. The molecule has 0 radical (unpaired) electrons. The summed E-state index contributed by atoms with van der Waals surface area (Å²) in [5.74, 6) is 1.71. The number of fused-ring (bicyclic) bond motifs is 7. The lowest BCUT2D eigenvalue weighted by atomic mass is 9.34. The first-order chi connectivity index (χ1) is 18.6. The van der Waals surface area contributed by atoms with E-state index in [0.717, 1.165) is 68.7 Å². The fraction of sp³-hybridized carbons (Fsp3) is 0.735. The Morgan fingerprint density at radius 1 is 1.02 bits per heavy atom. The number of hydrogen-bond donors (Lipinski definition) is 0. The lowest BCUT2D eigenvalue weighted by Gasteiger charge is -2.69. The van der Waals surface area contributed by atoms with Gasteiger partial charge in [-0.05, 0) is 79.1 Å². The van der Waals surface area contributed by atoms with Crippen LogP contribution in [-0.4, -0.2) is 21.7 Å². The van der Waals surface area contributed by atoms with Crippen LogP contribution >= 0.6 is 0 Å². The van der Waals surface area contributed by atoms with Gasteiger partial charge in [-0.3, -0.25) is 4.79 Å². The first kappa shape index (κ1) is 27.6. The third kappa shape index (κ3) is 3.27. The highest BCUT2D eigenvalue weighted by atomic mass is 16.5. The van der Waals surface area contributed by atoms with Gasteiger partial charge in [-0.2, -0.15) is 4.98 Å². The van der Waals surface area contributed by atoms with Gasteiger partial charge in [0.05, 0.1) is 12.0 Å². The predicted octanol–water partition coefficient (Wildman–Crippen LogP) is 7.46. The Kier molecular flexibility index (Phi) is 5.70. The standard InChI is InChI=1S/C34H45N3O3/c1-10-25-36-28(40-37-25)34-15-13-29(2,3)18-20(34)26-22(38)17-24-31(6)19-21(35-9)27(39)30(4,5)23(31)11-12-32(24,7)33(26,8)14-16-34/h17,19-20,23,26H,10-16,18H2,1-8H3/t20-,23-,26-,31-,32+,33+,34-/m0/s1. The average Bonchev–Trinajstić information content (AvgIpc) is 3.37. The quantitative estimate of drug-likeness (QED) is 0.362. The molecule has 0 amide bonds. The van der Waals surface area contributed by atoms with Gasteiger partial charge >= 0.3 is 0 Å². The fourth-order valence-corrected chi connectivity index (χ4v) is 10.6.